The second kappa shape index (κ2) is 10.1. The molecule has 1 unspecified atom stereocenters. The van der Waals surface area contributed by atoms with Crippen LogP contribution in [0.1, 0.15) is 58.3 Å². The van der Waals surface area contributed by atoms with Crippen LogP contribution in [-0.2, 0) is 4.79 Å². The Bertz CT molecular complexity index is 400. The first-order chi connectivity index (χ1) is 10.1. The number of phenols is 1. The molecule has 1 aromatic rings. The van der Waals surface area contributed by atoms with Gasteiger partial charge in [-0.3, -0.25) is 4.79 Å². The summed E-state index contributed by atoms with van der Waals surface area (Å²) in [6.45, 7) is 2.19. The Hall–Kier alpha value is -1.71. The van der Waals surface area contributed by atoms with Crippen LogP contribution in [0.5, 0.6) is 11.5 Å². The molecule has 0 spiro atoms. The van der Waals surface area contributed by atoms with E-state index < -0.39 is 5.97 Å². The standard InChI is InChI=1S/C17H26O4/c1-2-3-4-5-6-7-8-16(13-17(19)20)21-15-11-9-14(18)10-12-15/h9-12,16,18H,2-8,13H2,1H3,(H,19,20). The first kappa shape index (κ1) is 17.3. The van der Waals surface area contributed by atoms with Crippen LogP contribution in [-0.4, -0.2) is 22.3 Å². The summed E-state index contributed by atoms with van der Waals surface area (Å²) in [6, 6.07) is 6.40. The zero-order valence-electron chi connectivity index (χ0n) is 12.8. The van der Waals surface area contributed by atoms with Crippen molar-refractivity contribution in [3.63, 3.8) is 0 Å². The van der Waals surface area contributed by atoms with Crippen molar-refractivity contribution in [3.05, 3.63) is 24.3 Å². The minimum atomic E-state index is -0.843. The number of aromatic hydroxyl groups is 1. The Labute approximate surface area is 126 Å². The highest BCUT2D eigenvalue weighted by atomic mass is 16.5. The van der Waals surface area contributed by atoms with Gasteiger partial charge in [-0.2, -0.15) is 0 Å². The lowest BCUT2D eigenvalue weighted by Gasteiger charge is -2.17. The third-order valence-electron chi connectivity index (χ3n) is 3.42. The second-order valence-electron chi connectivity index (χ2n) is 5.39. The highest BCUT2D eigenvalue weighted by Crippen LogP contribution is 2.20. The quantitative estimate of drug-likeness (QED) is 0.595. The number of carboxylic acid groups (broad SMARTS) is 1. The molecule has 0 saturated carbocycles. The van der Waals surface area contributed by atoms with Gasteiger partial charge < -0.3 is 14.9 Å². The van der Waals surface area contributed by atoms with E-state index >= 15 is 0 Å². The third-order valence-corrected chi connectivity index (χ3v) is 3.42. The maximum atomic E-state index is 10.9. The lowest BCUT2D eigenvalue weighted by atomic mass is 10.1. The lowest BCUT2D eigenvalue weighted by Crippen LogP contribution is -2.20. The number of phenolic OH excluding ortho intramolecular Hbond substituents is 1. The zero-order chi connectivity index (χ0) is 15.5. The summed E-state index contributed by atoms with van der Waals surface area (Å²) in [5.74, 6) is -0.0668. The van der Waals surface area contributed by atoms with Crippen molar-refractivity contribution in [3.8, 4) is 11.5 Å². The highest BCUT2D eigenvalue weighted by Gasteiger charge is 2.14. The van der Waals surface area contributed by atoms with Crippen molar-refractivity contribution in [2.45, 2.75) is 64.4 Å². The van der Waals surface area contributed by atoms with Gasteiger partial charge >= 0.3 is 5.97 Å². The summed E-state index contributed by atoms with van der Waals surface area (Å²) in [4.78, 5) is 10.9. The van der Waals surface area contributed by atoms with E-state index in [9.17, 15) is 9.90 Å². The molecule has 0 amide bonds. The Morgan fingerprint density at radius 3 is 2.33 bits per heavy atom. The third kappa shape index (κ3) is 8.23. The number of unbranched alkanes of at least 4 members (excludes halogenated alkanes) is 5. The molecule has 21 heavy (non-hydrogen) atoms. The van der Waals surface area contributed by atoms with Gasteiger partial charge in [0.2, 0.25) is 0 Å². The molecule has 0 aliphatic heterocycles. The van der Waals surface area contributed by atoms with Crippen molar-refractivity contribution >= 4 is 5.97 Å². The van der Waals surface area contributed by atoms with E-state index in [4.69, 9.17) is 9.84 Å². The fourth-order valence-corrected chi connectivity index (χ4v) is 2.27. The summed E-state index contributed by atoms with van der Waals surface area (Å²) >= 11 is 0. The van der Waals surface area contributed by atoms with Crippen LogP contribution in [0.2, 0.25) is 0 Å². The van der Waals surface area contributed by atoms with Crippen molar-refractivity contribution in [2.24, 2.45) is 0 Å². The van der Waals surface area contributed by atoms with Gasteiger partial charge in [0.15, 0.2) is 0 Å². The molecular weight excluding hydrogens is 268 g/mol. The van der Waals surface area contributed by atoms with E-state index in [1.807, 2.05) is 0 Å². The highest BCUT2D eigenvalue weighted by molar-refractivity contribution is 5.67. The summed E-state index contributed by atoms with van der Waals surface area (Å²) < 4.78 is 5.72. The van der Waals surface area contributed by atoms with Gasteiger partial charge in [-0.05, 0) is 37.1 Å². The largest absolute Gasteiger partial charge is 0.508 e. The van der Waals surface area contributed by atoms with Crippen LogP contribution in [0, 0.1) is 0 Å². The summed E-state index contributed by atoms with van der Waals surface area (Å²) in [5.41, 5.74) is 0. The molecule has 1 rings (SSSR count). The SMILES string of the molecule is CCCCCCCCC(CC(=O)O)Oc1ccc(O)cc1. The fraction of sp³-hybridized carbons (Fsp3) is 0.588. The Balaban J connectivity index is 2.36. The fourth-order valence-electron chi connectivity index (χ4n) is 2.27. The number of ether oxygens (including phenoxy) is 1. The smallest absolute Gasteiger partial charge is 0.307 e. The molecule has 0 aliphatic rings. The van der Waals surface area contributed by atoms with E-state index in [1.165, 1.54) is 37.8 Å². The minimum Gasteiger partial charge on any atom is -0.508 e. The molecule has 0 fully saturated rings. The molecule has 1 aromatic carbocycles. The van der Waals surface area contributed by atoms with Crippen molar-refractivity contribution in [2.75, 3.05) is 0 Å². The van der Waals surface area contributed by atoms with Gasteiger partial charge in [-0.25, -0.2) is 0 Å². The number of hydrogen-bond acceptors (Lipinski definition) is 3. The summed E-state index contributed by atoms with van der Waals surface area (Å²) in [5, 5.41) is 18.2. The Morgan fingerprint density at radius 2 is 1.71 bits per heavy atom. The van der Waals surface area contributed by atoms with Gasteiger partial charge in [0.1, 0.15) is 17.6 Å². The van der Waals surface area contributed by atoms with Gasteiger partial charge in [0.25, 0.3) is 0 Å². The van der Waals surface area contributed by atoms with Gasteiger partial charge in [0, 0.05) is 0 Å². The molecule has 0 aromatic heterocycles. The minimum absolute atomic E-state index is 0.00976. The molecule has 0 heterocycles. The summed E-state index contributed by atoms with van der Waals surface area (Å²) in [7, 11) is 0. The topological polar surface area (TPSA) is 66.8 Å². The Morgan fingerprint density at radius 1 is 1.10 bits per heavy atom. The molecule has 0 radical (unpaired) electrons. The molecule has 4 nitrogen and oxygen atoms in total. The molecule has 4 heteroatoms. The normalized spacial score (nSPS) is 12.0. The number of aliphatic carboxylic acids is 1. The molecular formula is C17H26O4. The van der Waals surface area contributed by atoms with E-state index in [-0.39, 0.29) is 18.3 Å². The molecule has 0 saturated heterocycles. The van der Waals surface area contributed by atoms with E-state index in [0.29, 0.717) is 5.75 Å². The first-order valence-electron chi connectivity index (χ1n) is 7.79. The van der Waals surface area contributed by atoms with E-state index in [0.717, 1.165) is 19.3 Å². The van der Waals surface area contributed by atoms with Crippen LogP contribution in [0.4, 0.5) is 0 Å². The van der Waals surface area contributed by atoms with Gasteiger partial charge in [-0.1, -0.05) is 39.0 Å². The van der Waals surface area contributed by atoms with Crippen LogP contribution in [0.25, 0.3) is 0 Å². The molecule has 2 N–H and O–H groups in total. The molecule has 0 aliphatic carbocycles. The number of carboxylic acids is 1. The predicted molar refractivity (Wildman–Crippen MR) is 82.8 cm³/mol. The zero-order valence-corrected chi connectivity index (χ0v) is 12.8. The maximum Gasteiger partial charge on any atom is 0.307 e. The lowest BCUT2D eigenvalue weighted by molar-refractivity contribution is -0.138. The molecule has 118 valence electrons. The van der Waals surface area contributed by atoms with Crippen LogP contribution in [0.15, 0.2) is 24.3 Å². The van der Waals surface area contributed by atoms with E-state index in [1.54, 1.807) is 12.1 Å². The van der Waals surface area contributed by atoms with Gasteiger partial charge in [-0.15, -0.1) is 0 Å². The average Bonchev–Trinajstić information content (AvgIpc) is 2.44. The number of carbonyl (C=O) groups is 1. The summed E-state index contributed by atoms with van der Waals surface area (Å²) in [6.07, 6.45) is 7.50. The molecule has 1 atom stereocenters. The van der Waals surface area contributed by atoms with Crippen molar-refractivity contribution in [1.82, 2.24) is 0 Å². The number of rotatable bonds is 11. The van der Waals surface area contributed by atoms with Crippen LogP contribution >= 0.6 is 0 Å². The van der Waals surface area contributed by atoms with Crippen molar-refractivity contribution < 1.29 is 19.7 Å². The second-order valence-corrected chi connectivity index (χ2v) is 5.39. The maximum absolute atomic E-state index is 10.9. The van der Waals surface area contributed by atoms with Gasteiger partial charge in [0.05, 0.1) is 6.42 Å². The number of hydrogen-bond donors (Lipinski definition) is 2. The van der Waals surface area contributed by atoms with E-state index in [2.05, 4.69) is 6.92 Å². The van der Waals surface area contributed by atoms with Crippen LogP contribution in [0.3, 0.4) is 0 Å². The average molecular weight is 294 g/mol. The Kier molecular flexibility index (Phi) is 8.32. The van der Waals surface area contributed by atoms with Crippen LogP contribution < -0.4 is 4.74 Å². The monoisotopic (exact) mass is 294 g/mol. The number of benzene rings is 1. The predicted octanol–water partition coefficient (Wildman–Crippen LogP) is 4.36. The molecule has 0 bridgehead atoms. The van der Waals surface area contributed by atoms with Crippen molar-refractivity contribution in [1.29, 1.82) is 0 Å². The first-order valence-corrected chi connectivity index (χ1v) is 7.79.